The molecule has 0 radical (unpaired) electrons. The highest BCUT2D eigenvalue weighted by molar-refractivity contribution is 6.31. The number of amides is 1. The maximum atomic E-state index is 12.2. The lowest BCUT2D eigenvalue weighted by atomic mass is 10.1. The Morgan fingerprint density at radius 2 is 2.33 bits per heavy atom. The Morgan fingerprint density at radius 3 is 3.12 bits per heavy atom. The van der Waals surface area contributed by atoms with Crippen LogP contribution in [0.25, 0.3) is 16.9 Å². The average molecular weight is 321 g/mol. The van der Waals surface area contributed by atoms with E-state index in [0.717, 1.165) is 23.5 Å². The average Bonchev–Trinajstić information content (AvgIpc) is 3.32. The second kappa shape index (κ2) is 5.69. The van der Waals surface area contributed by atoms with E-state index in [1.807, 2.05) is 35.9 Å². The minimum atomic E-state index is -0.191. The number of hydrogen-bond donors (Lipinski definition) is 2. The van der Waals surface area contributed by atoms with E-state index >= 15 is 0 Å². The van der Waals surface area contributed by atoms with Crippen molar-refractivity contribution in [3.63, 3.8) is 0 Å². The van der Waals surface area contributed by atoms with Gasteiger partial charge in [-0.3, -0.25) is 4.79 Å². The highest BCUT2D eigenvalue weighted by Gasteiger charge is 2.26. The molecule has 3 aromatic rings. The zero-order valence-electron chi connectivity index (χ0n) is 13.0. The Labute approximate surface area is 138 Å². The Hall–Kier alpha value is -3.35. The van der Waals surface area contributed by atoms with Crippen molar-refractivity contribution in [2.75, 3.05) is 10.6 Å². The number of pyridine rings is 1. The molecule has 1 aliphatic heterocycles. The predicted octanol–water partition coefficient (Wildman–Crippen LogP) is 2.96. The number of aromatic nitrogens is 3. The number of fused-ring (bicyclic) bond motifs is 1. The number of hydrogen-bond acceptors (Lipinski definition) is 5. The number of nitrogens with zero attached hydrogens (tertiary/aromatic N) is 3. The predicted molar refractivity (Wildman–Crippen MR) is 90.1 cm³/mol. The van der Waals surface area contributed by atoms with Crippen LogP contribution >= 0.6 is 0 Å². The molecule has 7 nitrogen and oxygen atoms in total. The van der Waals surface area contributed by atoms with Gasteiger partial charge in [0.25, 0.3) is 5.91 Å². The largest absolute Gasteiger partial charge is 0.464 e. The SMILES string of the molecule is CCn1nccc1NC=C1C(=O)Nc2ncc(-c3ccco3)cc21. The summed E-state index contributed by atoms with van der Waals surface area (Å²) in [5.74, 6) is 1.89. The summed E-state index contributed by atoms with van der Waals surface area (Å²) >= 11 is 0. The first-order valence-electron chi connectivity index (χ1n) is 7.60. The van der Waals surface area contributed by atoms with Gasteiger partial charge in [-0.15, -0.1) is 0 Å². The van der Waals surface area contributed by atoms with Gasteiger partial charge >= 0.3 is 0 Å². The van der Waals surface area contributed by atoms with E-state index < -0.39 is 0 Å². The van der Waals surface area contributed by atoms with Crippen molar-refractivity contribution in [2.45, 2.75) is 13.5 Å². The van der Waals surface area contributed by atoms with Gasteiger partial charge in [-0.1, -0.05) is 0 Å². The molecule has 0 unspecified atom stereocenters. The van der Waals surface area contributed by atoms with E-state index in [4.69, 9.17) is 4.42 Å². The topological polar surface area (TPSA) is 85.0 Å². The van der Waals surface area contributed by atoms with Crippen LogP contribution in [0, 0.1) is 0 Å². The molecule has 0 aliphatic carbocycles. The third kappa shape index (κ3) is 2.36. The molecule has 0 aromatic carbocycles. The summed E-state index contributed by atoms with van der Waals surface area (Å²) in [6.45, 7) is 2.74. The van der Waals surface area contributed by atoms with Crippen molar-refractivity contribution in [3.05, 3.63) is 54.7 Å². The smallest absolute Gasteiger partial charge is 0.259 e. The maximum absolute atomic E-state index is 12.2. The minimum absolute atomic E-state index is 0.191. The van der Waals surface area contributed by atoms with Crippen LogP contribution in [0.2, 0.25) is 0 Å². The summed E-state index contributed by atoms with van der Waals surface area (Å²) in [5, 5.41) is 10.1. The van der Waals surface area contributed by atoms with Gasteiger partial charge in [0.1, 0.15) is 17.4 Å². The highest BCUT2D eigenvalue weighted by Crippen LogP contribution is 2.33. The van der Waals surface area contributed by atoms with Gasteiger partial charge < -0.3 is 15.1 Å². The number of rotatable bonds is 4. The van der Waals surface area contributed by atoms with Gasteiger partial charge in [0.15, 0.2) is 0 Å². The van der Waals surface area contributed by atoms with Crippen LogP contribution in [-0.4, -0.2) is 20.7 Å². The zero-order chi connectivity index (χ0) is 16.5. The molecule has 7 heteroatoms. The van der Waals surface area contributed by atoms with Crippen LogP contribution in [0.3, 0.4) is 0 Å². The molecule has 0 bridgehead atoms. The van der Waals surface area contributed by atoms with E-state index in [-0.39, 0.29) is 5.91 Å². The molecular weight excluding hydrogens is 306 g/mol. The van der Waals surface area contributed by atoms with Crippen molar-refractivity contribution in [3.8, 4) is 11.3 Å². The van der Waals surface area contributed by atoms with Gasteiger partial charge in [-0.05, 0) is 25.1 Å². The van der Waals surface area contributed by atoms with Crippen molar-refractivity contribution < 1.29 is 9.21 Å². The van der Waals surface area contributed by atoms with E-state index in [2.05, 4.69) is 20.7 Å². The fourth-order valence-corrected chi connectivity index (χ4v) is 2.64. The molecule has 3 aromatic heterocycles. The standard InChI is InChI=1S/C17H15N5O2/c1-2-22-15(5-6-20-22)18-10-13-12-8-11(14-4-3-7-24-14)9-19-16(12)21-17(13)23/h3-10,18H,2H2,1H3,(H,19,21,23). The molecule has 120 valence electrons. The van der Waals surface area contributed by atoms with Crippen LogP contribution < -0.4 is 10.6 Å². The fourth-order valence-electron chi connectivity index (χ4n) is 2.64. The summed E-state index contributed by atoms with van der Waals surface area (Å²) in [6.07, 6.45) is 6.68. The molecule has 24 heavy (non-hydrogen) atoms. The second-order valence-corrected chi connectivity index (χ2v) is 5.29. The number of aryl methyl sites for hydroxylation is 1. The van der Waals surface area contributed by atoms with E-state index in [1.54, 1.807) is 24.9 Å². The summed E-state index contributed by atoms with van der Waals surface area (Å²) in [4.78, 5) is 16.6. The molecule has 4 rings (SSSR count). The van der Waals surface area contributed by atoms with Crippen molar-refractivity contribution in [1.29, 1.82) is 0 Å². The zero-order valence-corrected chi connectivity index (χ0v) is 13.0. The van der Waals surface area contributed by atoms with Crippen molar-refractivity contribution in [1.82, 2.24) is 14.8 Å². The lowest BCUT2D eigenvalue weighted by Crippen LogP contribution is -2.07. The van der Waals surface area contributed by atoms with E-state index in [0.29, 0.717) is 17.2 Å². The van der Waals surface area contributed by atoms with Gasteiger partial charge in [0.05, 0.1) is 18.0 Å². The Bertz CT molecular complexity index is 924. The normalized spacial score (nSPS) is 14.7. The van der Waals surface area contributed by atoms with Gasteiger partial charge in [-0.2, -0.15) is 5.10 Å². The molecule has 1 amide bonds. The van der Waals surface area contributed by atoms with Crippen molar-refractivity contribution >= 4 is 23.1 Å². The molecule has 0 saturated heterocycles. The number of carbonyl (C=O) groups is 1. The Morgan fingerprint density at radius 1 is 1.42 bits per heavy atom. The van der Waals surface area contributed by atoms with Crippen LogP contribution in [0.5, 0.6) is 0 Å². The molecule has 0 atom stereocenters. The van der Waals surface area contributed by atoms with Crippen molar-refractivity contribution in [2.24, 2.45) is 0 Å². The lowest BCUT2D eigenvalue weighted by molar-refractivity contribution is -0.110. The lowest BCUT2D eigenvalue weighted by Gasteiger charge is -2.05. The van der Waals surface area contributed by atoms with E-state index in [9.17, 15) is 4.79 Å². The van der Waals surface area contributed by atoms with Crippen LogP contribution in [0.15, 0.2) is 53.5 Å². The first-order valence-corrected chi connectivity index (χ1v) is 7.60. The van der Waals surface area contributed by atoms with Crippen LogP contribution in [-0.2, 0) is 11.3 Å². The molecular formula is C17H15N5O2. The summed E-state index contributed by atoms with van der Waals surface area (Å²) < 4.78 is 7.21. The van der Waals surface area contributed by atoms with Crippen LogP contribution in [0.4, 0.5) is 11.6 Å². The first kappa shape index (κ1) is 14.3. The molecule has 2 N–H and O–H groups in total. The first-order chi connectivity index (χ1) is 11.8. The number of carbonyl (C=O) groups excluding carboxylic acids is 1. The Kier molecular flexibility index (Phi) is 3.38. The fraction of sp³-hybridized carbons (Fsp3) is 0.118. The number of furan rings is 1. The quantitative estimate of drug-likeness (QED) is 0.722. The van der Waals surface area contributed by atoms with E-state index in [1.165, 1.54) is 0 Å². The molecule has 4 heterocycles. The van der Waals surface area contributed by atoms with Gasteiger partial charge in [0.2, 0.25) is 0 Å². The Balaban J connectivity index is 1.69. The summed E-state index contributed by atoms with van der Waals surface area (Å²) in [6, 6.07) is 7.42. The van der Waals surface area contributed by atoms with Crippen LogP contribution in [0.1, 0.15) is 12.5 Å². The monoisotopic (exact) mass is 321 g/mol. The molecule has 1 aliphatic rings. The highest BCUT2D eigenvalue weighted by atomic mass is 16.3. The maximum Gasteiger partial charge on any atom is 0.259 e. The number of nitrogens with one attached hydrogen (secondary N) is 2. The number of anilines is 2. The summed E-state index contributed by atoms with van der Waals surface area (Å²) in [5.41, 5.74) is 2.08. The van der Waals surface area contributed by atoms with Gasteiger partial charge in [-0.25, -0.2) is 9.67 Å². The molecule has 0 spiro atoms. The summed E-state index contributed by atoms with van der Waals surface area (Å²) in [7, 11) is 0. The second-order valence-electron chi connectivity index (χ2n) is 5.29. The molecule has 0 saturated carbocycles. The molecule has 0 fully saturated rings. The third-order valence-corrected chi connectivity index (χ3v) is 3.84. The minimum Gasteiger partial charge on any atom is -0.464 e. The third-order valence-electron chi connectivity index (χ3n) is 3.84. The van der Waals surface area contributed by atoms with Gasteiger partial charge in [0, 0.05) is 36.1 Å².